The predicted molar refractivity (Wildman–Crippen MR) is 73.2 cm³/mol. The van der Waals surface area contributed by atoms with E-state index in [1.807, 2.05) is 32.6 Å². The second-order valence-electron chi connectivity index (χ2n) is 5.04. The third-order valence-electron chi connectivity index (χ3n) is 2.83. The molecular formula is C14H25N3O. The van der Waals surface area contributed by atoms with Crippen LogP contribution in [0.1, 0.15) is 52.4 Å². The number of nitrogens with zero attached hydrogens (tertiary/aromatic N) is 2. The average molecular weight is 251 g/mol. The number of rotatable bonds is 9. The molecule has 1 amide bonds. The fourth-order valence-electron chi connectivity index (χ4n) is 1.92. The van der Waals surface area contributed by atoms with E-state index in [0.717, 1.165) is 19.4 Å². The van der Waals surface area contributed by atoms with Crippen molar-refractivity contribution in [3.63, 3.8) is 0 Å². The fraction of sp³-hybridized carbons (Fsp3) is 0.714. The lowest BCUT2D eigenvalue weighted by molar-refractivity contribution is -0.121. The van der Waals surface area contributed by atoms with Crippen molar-refractivity contribution in [1.82, 2.24) is 14.9 Å². The molecule has 1 aromatic heterocycles. The Labute approximate surface area is 110 Å². The number of imidazole rings is 1. The van der Waals surface area contributed by atoms with Gasteiger partial charge in [0.25, 0.3) is 0 Å². The zero-order chi connectivity index (χ0) is 13.2. The lowest BCUT2D eigenvalue weighted by Crippen LogP contribution is -2.29. The first-order valence-corrected chi connectivity index (χ1v) is 6.93. The largest absolute Gasteiger partial charge is 0.354 e. The Morgan fingerprint density at radius 1 is 1.22 bits per heavy atom. The van der Waals surface area contributed by atoms with E-state index in [1.165, 1.54) is 19.3 Å². The van der Waals surface area contributed by atoms with Crippen LogP contribution in [0.2, 0.25) is 0 Å². The second kappa shape index (κ2) is 8.72. The van der Waals surface area contributed by atoms with Crippen LogP contribution in [0, 0.1) is 0 Å². The molecule has 0 aliphatic rings. The average Bonchev–Trinajstić information content (AvgIpc) is 2.79. The van der Waals surface area contributed by atoms with Gasteiger partial charge in [0.15, 0.2) is 0 Å². The van der Waals surface area contributed by atoms with Crippen molar-refractivity contribution in [2.45, 2.75) is 65.0 Å². The Morgan fingerprint density at radius 3 is 2.61 bits per heavy atom. The van der Waals surface area contributed by atoms with Crippen molar-refractivity contribution in [2.75, 3.05) is 0 Å². The molecule has 0 bridgehead atoms. The summed E-state index contributed by atoms with van der Waals surface area (Å²) in [6.07, 6.45) is 12.1. The van der Waals surface area contributed by atoms with Crippen LogP contribution in [0.4, 0.5) is 0 Å². The van der Waals surface area contributed by atoms with Gasteiger partial charge in [0.05, 0.1) is 6.33 Å². The Kier molecular flexibility index (Phi) is 7.14. The predicted octanol–water partition coefficient (Wildman–Crippen LogP) is 2.75. The van der Waals surface area contributed by atoms with Gasteiger partial charge in [0.1, 0.15) is 0 Å². The fourth-order valence-corrected chi connectivity index (χ4v) is 1.92. The zero-order valence-electron chi connectivity index (χ0n) is 11.6. The highest BCUT2D eigenvalue weighted by atomic mass is 16.1. The number of carbonyl (C=O) groups is 1. The number of carbonyl (C=O) groups excluding carboxylic acids is 1. The number of hydrogen-bond acceptors (Lipinski definition) is 2. The Hall–Kier alpha value is -1.32. The van der Waals surface area contributed by atoms with Crippen molar-refractivity contribution >= 4 is 5.91 Å². The molecule has 1 heterocycles. The van der Waals surface area contributed by atoms with Crippen LogP contribution in [0.15, 0.2) is 18.7 Å². The van der Waals surface area contributed by atoms with Gasteiger partial charge in [-0.15, -0.1) is 0 Å². The summed E-state index contributed by atoms with van der Waals surface area (Å²) in [6.45, 7) is 5.04. The van der Waals surface area contributed by atoms with Crippen LogP contribution in [0.25, 0.3) is 0 Å². The summed E-state index contributed by atoms with van der Waals surface area (Å²) in [5.74, 6) is 0.184. The molecule has 0 fully saturated rings. The molecule has 0 saturated carbocycles. The van der Waals surface area contributed by atoms with Gasteiger partial charge in [0.2, 0.25) is 5.91 Å². The maximum Gasteiger partial charge on any atom is 0.220 e. The van der Waals surface area contributed by atoms with Crippen LogP contribution in [0.5, 0.6) is 0 Å². The number of aromatic nitrogens is 2. The molecule has 0 aliphatic heterocycles. The lowest BCUT2D eigenvalue weighted by Gasteiger charge is -2.07. The Morgan fingerprint density at radius 2 is 1.94 bits per heavy atom. The molecule has 0 aliphatic carbocycles. The first-order chi connectivity index (χ1) is 8.68. The second-order valence-corrected chi connectivity index (χ2v) is 5.04. The van der Waals surface area contributed by atoms with Gasteiger partial charge in [-0.05, 0) is 26.7 Å². The summed E-state index contributed by atoms with van der Waals surface area (Å²) >= 11 is 0. The molecule has 0 aromatic carbocycles. The molecule has 0 saturated heterocycles. The summed E-state index contributed by atoms with van der Waals surface area (Å²) in [5.41, 5.74) is 0. The van der Waals surface area contributed by atoms with Gasteiger partial charge >= 0.3 is 0 Å². The Balaban J connectivity index is 1.88. The monoisotopic (exact) mass is 251 g/mol. The topological polar surface area (TPSA) is 46.9 Å². The standard InChI is InChI=1S/C14H25N3O/c1-13(2)16-14(18)8-6-4-3-5-7-10-17-11-9-15-12-17/h9,11-13H,3-8,10H2,1-2H3,(H,16,18). The molecule has 1 aromatic rings. The van der Waals surface area contributed by atoms with Crippen molar-refractivity contribution in [3.05, 3.63) is 18.7 Å². The van der Waals surface area contributed by atoms with Crippen LogP contribution >= 0.6 is 0 Å². The summed E-state index contributed by atoms with van der Waals surface area (Å²) < 4.78 is 2.11. The molecule has 0 atom stereocenters. The molecule has 4 heteroatoms. The van der Waals surface area contributed by atoms with Gasteiger partial charge in [-0.25, -0.2) is 4.98 Å². The van der Waals surface area contributed by atoms with Crippen molar-refractivity contribution in [2.24, 2.45) is 0 Å². The molecular weight excluding hydrogens is 226 g/mol. The van der Waals surface area contributed by atoms with Crippen molar-refractivity contribution in [1.29, 1.82) is 0 Å². The third kappa shape index (κ3) is 7.09. The summed E-state index contributed by atoms with van der Waals surface area (Å²) in [7, 11) is 0. The highest BCUT2D eigenvalue weighted by Crippen LogP contribution is 2.06. The zero-order valence-corrected chi connectivity index (χ0v) is 11.6. The van der Waals surface area contributed by atoms with Gasteiger partial charge in [-0.2, -0.15) is 0 Å². The maximum absolute atomic E-state index is 11.4. The van der Waals surface area contributed by atoms with Crippen LogP contribution in [-0.4, -0.2) is 21.5 Å². The highest BCUT2D eigenvalue weighted by Gasteiger charge is 2.02. The van der Waals surface area contributed by atoms with Crippen molar-refractivity contribution in [3.8, 4) is 0 Å². The molecule has 102 valence electrons. The van der Waals surface area contributed by atoms with Gasteiger partial charge in [-0.1, -0.05) is 19.3 Å². The van der Waals surface area contributed by atoms with E-state index in [0.29, 0.717) is 6.42 Å². The SMILES string of the molecule is CC(C)NC(=O)CCCCCCCn1ccnc1. The van der Waals surface area contributed by atoms with Crippen LogP contribution in [-0.2, 0) is 11.3 Å². The summed E-state index contributed by atoms with van der Waals surface area (Å²) in [5, 5.41) is 2.91. The summed E-state index contributed by atoms with van der Waals surface area (Å²) in [4.78, 5) is 15.4. The molecule has 0 unspecified atom stereocenters. The number of amides is 1. The first-order valence-electron chi connectivity index (χ1n) is 6.93. The number of hydrogen-bond donors (Lipinski definition) is 1. The molecule has 4 nitrogen and oxygen atoms in total. The minimum absolute atomic E-state index is 0.184. The molecule has 0 radical (unpaired) electrons. The molecule has 0 spiro atoms. The van der Waals surface area contributed by atoms with Crippen LogP contribution in [0.3, 0.4) is 0 Å². The van der Waals surface area contributed by atoms with E-state index >= 15 is 0 Å². The van der Waals surface area contributed by atoms with E-state index in [9.17, 15) is 4.79 Å². The van der Waals surface area contributed by atoms with E-state index in [1.54, 1.807) is 0 Å². The van der Waals surface area contributed by atoms with E-state index in [-0.39, 0.29) is 11.9 Å². The number of nitrogens with one attached hydrogen (secondary N) is 1. The van der Waals surface area contributed by atoms with Crippen molar-refractivity contribution < 1.29 is 4.79 Å². The maximum atomic E-state index is 11.4. The van der Waals surface area contributed by atoms with E-state index < -0.39 is 0 Å². The smallest absolute Gasteiger partial charge is 0.220 e. The molecule has 1 rings (SSSR count). The van der Waals surface area contributed by atoms with E-state index in [2.05, 4.69) is 14.9 Å². The quantitative estimate of drug-likeness (QED) is 0.686. The van der Waals surface area contributed by atoms with Crippen LogP contribution < -0.4 is 5.32 Å². The minimum Gasteiger partial charge on any atom is -0.354 e. The van der Waals surface area contributed by atoms with Gasteiger partial charge in [0, 0.05) is 31.4 Å². The summed E-state index contributed by atoms with van der Waals surface area (Å²) in [6, 6.07) is 0.257. The van der Waals surface area contributed by atoms with Gasteiger partial charge < -0.3 is 9.88 Å². The number of unbranched alkanes of at least 4 members (excludes halogenated alkanes) is 4. The highest BCUT2D eigenvalue weighted by molar-refractivity contribution is 5.76. The molecule has 1 N–H and O–H groups in total. The normalized spacial score (nSPS) is 10.8. The van der Waals surface area contributed by atoms with E-state index in [4.69, 9.17) is 0 Å². The van der Waals surface area contributed by atoms with Gasteiger partial charge in [-0.3, -0.25) is 4.79 Å². The first kappa shape index (κ1) is 14.7. The number of aryl methyl sites for hydroxylation is 1. The third-order valence-corrected chi connectivity index (χ3v) is 2.83. The lowest BCUT2D eigenvalue weighted by atomic mass is 10.1. The Bertz CT molecular complexity index is 320. The minimum atomic E-state index is 0.184. The molecule has 18 heavy (non-hydrogen) atoms.